The van der Waals surface area contributed by atoms with Gasteiger partial charge in [0, 0.05) is 24.3 Å². The van der Waals surface area contributed by atoms with Crippen LogP contribution in [0.5, 0.6) is 0 Å². The molecule has 4 rings (SSSR count). The van der Waals surface area contributed by atoms with Crippen LogP contribution < -0.4 is 4.90 Å². The fourth-order valence-corrected chi connectivity index (χ4v) is 3.13. The van der Waals surface area contributed by atoms with Crippen molar-refractivity contribution in [3.63, 3.8) is 0 Å². The molecule has 0 saturated heterocycles. The molecule has 0 aliphatic carbocycles. The number of rotatable bonds is 2. The number of fused-ring (bicyclic) bond motifs is 3. The van der Waals surface area contributed by atoms with Gasteiger partial charge in [-0.15, -0.1) is 0 Å². The Bertz CT molecular complexity index is 847. The molecule has 0 bridgehead atoms. The van der Waals surface area contributed by atoms with E-state index in [1.54, 1.807) is 0 Å². The molecule has 106 valence electrons. The van der Waals surface area contributed by atoms with Gasteiger partial charge in [0.1, 0.15) is 5.52 Å². The van der Waals surface area contributed by atoms with Crippen LogP contribution in [0.4, 0.5) is 5.69 Å². The average molecular weight is 278 g/mol. The largest absolute Gasteiger partial charge is 0.452 e. The van der Waals surface area contributed by atoms with E-state index in [-0.39, 0.29) is 0 Å². The standard InChI is InChI=1S/C18H18N2O/c1-3-13-8-10-20(11-13)17-12(2)6-7-14-16-15(21-18(14)17)5-4-9-19-16/h4-10,13H,3,11H2,1-2H3. The second-order valence-electron chi connectivity index (χ2n) is 5.72. The van der Waals surface area contributed by atoms with E-state index in [9.17, 15) is 0 Å². The van der Waals surface area contributed by atoms with Gasteiger partial charge in [-0.1, -0.05) is 19.1 Å². The van der Waals surface area contributed by atoms with Crippen molar-refractivity contribution in [1.82, 2.24) is 4.98 Å². The van der Waals surface area contributed by atoms with Gasteiger partial charge in [0.2, 0.25) is 0 Å². The third-order valence-electron chi connectivity index (χ3n) is 4.35. The molecule has 0 fully saturated rings. The third kappa shape index (κ3) is 1.84. The van der Waals surface area contributed by atoms with Gasteiger partial charge in [-0.2, -0.15) is 0 Å². The molecule has 0 radical (unpaired) electrons. The number of nitrogens with zero attached hydrogens (tertiary/aromatic N) is 2. The van der Waals surface area contributed by atoms with Crippen LogP contribution in [-0.4, -0.2) is 11.5 Å². The van der Waals surface area contributed by atoms with Crippen molar-refractivity contribution in [1.29, 1.82) is 0 Å². The summed E-state index contributed by atoms with van der Waals surface area (Å²) in [6.45, 7) is 5.40. The molecular weight excluding hydrogens is 260 g/mol. The van der Waals surface area contributed by atoms with E-state index >= 15 is 0 Å². The highest BCUT2D eigenvalue weighted by Crippen LogP contribution is 2.38. The summed E-state index contributed by atoms with van der Waals surface area (Å²) in [5.41, 5.74) is 5.17. The fourth-order valence-electron chi connectivity index (χ4n) is 3.13. The van der Waals surface area contributed by atoms with E-state index in [4.69, 9.17) is 4.42 Å². The zero-order chi connectivity index (χ0) is 14.4. The van der Waals surface area contributed by atoms with E-state index in [0.717, 1.165) is 28.6 Å². The minimum atomic E-state index is 0.627. The molecule has 3 nitrogen and oxygen atoms in total. The van der Waals surface area contributed by atoms with Crippen LogP contribution in [0.15, 0.2) is 47.2 Å². The lowest BCUT2D eigenvalue weighted by Gasteiger charge is -2.20. The Labute approximate surface area is 123 Å². The molecule has 1 aliphatic rings. The van der Waals surface area contributed by atoms with Gasteiger partial charge in [-0.3, -0.25) is 4.98 Å². The number of benzene rings is 1. The summed E-state index contributed by atoms with van der Waals surface area (Å²) in [6.07, 6.45) is 7.47. The van der Waals surface area contributed by atoms with Crippen LogP contribution in [0.2, 0.25) is 0 Å². The summed E-state index contributed by atoms with van der Waals surface area (Å²) in [7, 11) is 0. The van der Waals surface area contributed by atoms with Crippen molar-refractivity contribution >= 4 is 27.8 Å². The molecule has 0 amide bonds. The number of pyridine rings is 1. The number of aryl methyl sites for hydroxylation is 1. The average Bonchev–Trinajstić information content (AvgIpc) is 3.10. The topological polar surface area (TPSA) is 29.3 Å². The second-order valence-corrected chi connectivity index (χ2v) is 5.72. The summed E-state index contributed by atoms with van der Waals surface area (Å²) in [6, 6.07) is 8.18. The smallest absolute Gasteiger partial charge is 0.160 e. The minimum absolute atomic E-state index is 0.627. The van der Waals surface area contributed by atoms with E-state index < -0.39 is 0 Å². The van der Waals surface area contributed by atoms with Gasteiger partial charge in [0.05, 0.1) is 5.69 Å². The van der Waals surface area contributed by atoms with Gasteiger partial charge in [0.25, 0.3) is 0 Å². The van der Waals surface area contributed by atoms with Gasteiger partial charge < -0.3 is 9.32 Å². The van der Waals surface area contributed by atoms with Crippen molar-refractivity contribution in [2.45, 2.75) is 20.3 Å². The monoisotopic (exact) mass is 278 g/mol. The Morgan fingerprint density at radius 1 is 1.33 bits per heavy atom. The first-order valence-electron chi connectivity index (χ1n) is 7.49. The maximum absolute atomic E-state index is 6.11. The van der Waals surface area contributed by atoms with E-state index in [1.165, 1.54) is 17.7 Å². The number of anilines is 1. The zero-order valence-electron chi connectivity index (χ0n) is 12.3. The third-order valence-corrected chi connectivity index (χ3v) is 4.35. The molecule has 1 aromatic carbocycles. The van der Waals surface area contributed by atoms with E-state index in [1.807, 2.05) is 18.3 Å². The van der Waals surface area contributed by atoms with Gasteiger partial charge >= 0.3 is 0 Å². The van der Waals surface area contributed by atoms with Crippen molar-refractivity contribution in [3.8, 4) is 0 Å². The molecule has 1 atom stereocenters. The van der Waals surface area contributed by atoms with Crippen LogP contribution in [0.25, 0.3) is 22.1 Å². The molecule has 3 aromatic rings. The maximum atomic E-state index is 6.11. The number of hydrogen-bond donors (Lipinski definition) is 0. The van der Waals surface area contributed by atoms with Crippen molar-refractivity contribution < 1.29 is 4.42 Å². The highest BCUT2D eigenvalue weighted by Gasteiger charge is 2.22. The zero-order valence-corrected chi connectivity index (χ0v) is 12.3. The van der Waals surface area contributed by atoms with E-state index in [2.05, 4.69) is 48.1 Å². The molecule has 2 aromatic heterocycles. The number of aromatic nitrogens is 1. The lowest BCUT2D eigenvalue weighted by atomic mass is 10.1. The first-order valence-corrected chi connectivity index (χ1v) is 7.49. The molecule has 3 heterocycles. The van der Waals surface area contributed by atoms with Gasteiger partial charge in [-0.05, 0) is 43.0 Å². The molecular formula is C18H18N2O. The predicted molar refractivity (Wildman–Crippen MR) is 86.5 cm³/mol. The summed E-state index contributed by atoms with van der Waals surface area (Å²) >= 11 is 0. The Kier molecular flexibility index (Phi) is 2.74. The first-order chi connectivity index (χ1) is 10.3. The second kappa shape index (κ2) is 4.62. The summed E-state index contributed by atoms with van der Waals surface area (Å²) in [5.74, 6) is 0.627. The SMILES string of the molecule is CCC1C=CN(c2c(C)ccc3c2oc2cccnc23)C1. The first kappa shape index (κ1) is 12.5. The van der Waals surface area contributed by atoms with Crippen molar-refractivity contribution in [3.05, 3.63) is 48.3 Å². The molecule has 21 heavy (non-hydrogen) atoms. The normalized spacial score (nSPS) is 18.2. The van der Waals surface area contributed by atoms with Gasteiger partial charge in [-0.25, -0.2) is 0 Å². The Morgan fingerprint density at radius 3 is 3.05 bits per heavy atom. The molecule has 1 aliphatic heterocycles. The van der Waals surface area contributed by atoms with E-state index in [0.29, 0.717) is 5.92 Å². The van der Waals surface area contributed by atoms with Gasteiger partial charge in [0.15, 0.2) is 11.2 Å². The Morgan fingerprint density at radius 2 is 2.24 bits per heavy atom. The number of hydrogen-bond acceptors (Lipinski definition) is 3. The highest BCUT2D eigenvalue weighted by atomic mass is 16.3. The highest BCUT2D eigenvalue weighted by molar-refractivity contribution is 6.07. The Hall–Kier alpha value is -2.29. The van der Waals surface area contributed by atoms with Crippen LogP contribution in [0.3, 0.4) is 0 Å². The van der Waals surface area contributed by atoms with Crippen LogP contribution in [0, 0.1) is 12.8 Å². The summed E-state index contributed by atoms with van der Waals surface area (Å²) in [5, 5.41) is 1.10. The Balaban J connectivity index is 1.95. The van der Waals surface area contributed by atoms with Crippen LogP contribution in [-0.2, 0) is 0 Å². The quantitative estimate of drug-likeness (QED) is 0.683. The molecule has 3 heteroatoms. The molecule has 0 spiro atoms. The van der Waals surface area contributed by atoms with Crippen molar-refractivity contribution in [2.75, 3.05) is 11.4 Å². The molecule has 0 N–H and O–H groups in total. The van der Waals surface area contributed by atoms with Crippen LogP contribution >= 0.6 is 0 Å². The minimum Gasteiger partial charge on any atom is -0.452 e. The summed E-state index contributed by atoms with van der Waals surface area (Å²) in [4.78, 5) is 6.78. The maximum Gasteiger partial charge on any atom is 0.160 e. The van der Waals surface area contributed by atoms with Crippen LogP contribution in [0.1, 0.15) is 18.9 Å². The predicted octanol–water partition coefficient (Wildman–Crippen LogP) is 4.65. The lowest BCUT2D eigenvalue weighted by Crippen LogP contribution is -2.17. The fraction of sp³-hybridized carbons (Fsp3) is 0.278. The summed E-state index contributed by atoms with van der Waals surface area (Å²) < 4.78 is 6.11. The molecule has 0 saturated carbocycles. The number of furan rings is 1. The lowest BCUT2D eigenvalue weighted by molar-refractivity contribution is 0.648. The molecule has 1 unspecified atom stereocenters. The van der Waals surface area contributed by atoms with Crippen molar-refractivity contribution in [2.24, 2.45) is 5.92 Å².